The third-order valence-corrected chi connectivity index (χ3v) is 5.22. The largest absolute Gasteiger partial charge is 0.339 e. The fourth-order valence-electron chi connectivity index (χ4n) is 2.62. The van der Waals surface area contributed by atoms with Crippen LogP contribution in [-0.2, 0) is 17.1 Å². The fourth-order valence-corrected chi connectivity index (χ4v) is 4.07. The smallest absolute Gasteiger partial charge is 0.260 e. The van der Waals surface area contributed by atoms with Crippen molar-refractivity contribution in [1.29, 1.82) is 0 Å². The fraction of sp³-hybridized carbons (Fsp3) is 0.750. The summed E-state index contributed by atoms with van der Waals surface area (Å²) in [5.41, 5.74) is 5.34. The molecule has 2 rings (SSSR count). The van der Waals surface area contributed by atoms with Gasteiger partial charge in [0.1, 0.15) is 0 Å². The standard InChI is InChI=1S/C12H22N4O2S/c1-16-8-11(14-10-16)19(17,18)15-12(9-13)6-4-2-3-5-7-12/h8,10,15H,2-7,9,13H2,1H3. The average molecular weight is 286 g/mol. The van der Waals surface area contributed by atoms with E-state index in [1.807, 2.05) is 0 Å². The van der Waals surface area contributed by atoms with E-state index in [0.717, 1.165) is 38.5 Å². The van der Waals surface area contributed by atoms with Gasteiger partial charge in [0.05, 0.1) is 6.33 Å². The van der Waals surface area contributed by atoms with Crippen LogP contribution in [0.25, 0.3) is 0 Å². The zero-order chi connectivity index (χ0) is 13.9. The molecular formula is C12H22N4O2S. The van der Waals surface area contributed by atoms with E-state index in [-0.39, 0.29) is 5.03 Å². The molecule has 1 aliphatic carbocycles. The summed E-state index contributed by atoms with van der Waals surface area (Å²) in [6.45, 7) is 0.332. The van der Waals surface area contributed by atoms with Crippen molar-refractivity contribution in [2.24, 2.45) is 12.8 Å². The molecule has 7 heteroatoms. The van der Waals surface area contributed by atoms with Crippen LogP contribution in [0.5, 0.6) is 0 Å². The second-order valence-electron chi connectivity index (χ2n) is 5.38. The Balaban J connectivity index is 2.21. The Hall–Kier alpha value is -0.920. The van der Waals surface area contributed by atoms with Gasteiger partial charge in [-0.25, -0.2) is 18.1 Å². The molecule has 108 valence electrons. The first-order valence-electron chi connectivity index (χ1n) is 6.69. The predicted molar refractivity (Wildman–Crippen MR) is 73.0 cm³/mol. The van der Waals surface area contributed by atoms with Gasteiger partial charge in [-0.2, -0.15) is 0 Å². The number of aryl methyl sites for hydroxylation is 1. The number of nitrogens with one attached hydrogen (secondary N) is 1. The van der Waals surface area contributed by atoms with Crippen LogP contribution in [0.2, 0.25) is 0 Å². The number of aromatic nitrogens is 2. The molecule has 6 nitrogen and oxygen atoms in total. The zero-order valence-corrected chi connectivity index (χ0v) is 12.1. The summed E-state index contributed by atoms with van der Waals surface area (Å²) in [5, 5.41) is 0.0621. The van der Waals surface area contributed by atoms with Crippen molar-refractivity contribution < 1.29 is 8.42 Å². The van der Waals surface area contributed by atoms with E-state index in [2.05, 4.69) is 9.71 Å². The maximum Gasteiger partial charge on any atom is 0.260 e. The molecule has 0 spiro atoms. The number of hydrogen-bond donors (Lipinski definition) is 2. The molecule has 0 amide bonds. The molecule has 1 heterocycles. The summed E-state index contributed by atoms with van der Waals surface area (Å²) in [4.78, 5) is 3.91. The number of rotatable bonds is 4. The lowest BCUT2D eigenvalue weighted by Gasteiger charge is -2.31. The van der Waals surface area contributed by atoms with Crippen LogP contribution in [0.4, 0.5) is 0 Å². The van der Waals surface area contributed by atoms with Crippen molar-refractivity contribution in [1.82, 2.24) is 14.3 Å². The van der Waals surface area contributed by atoms with E-state index >= 15 is 0 Å². The summed E-state index contributed by atoms with van der Waals surface area (Å²) < 4.78 is 29.1. The Bertz CT molecular complexity index is 516. The zero-order valence-electron chi connectivity index (χ0n) is 11.3. The molecule has 0 atom stereocenters. The maximum absolute atomic E-state index is 12.3. The van der Waals surface area contributed by atoms with Crippen molar-refractivity contribution in [2.45, 2.75) is 49.1 Å². The first-order valence-corrected chi connectivity index (χ1v) is 8.18. The lowest BCUT2D eigenvalue weighted by atomic mass is 9.92. The molecular weight excluding hydrogens is 264 g/mol. The average Bonchev–Trinajstić information content (AvgIpc) is 2.68. The van der Waals surface area contributed by atoms with E-state index in [1.165, 1.54) is 12.5 Å². The predicted octanol–water partition coefficient (Wildman–Crippen LogP) is 0.750. The minimum atomic E-state index is -3.59. The van der Waals surface area contributed by atoms with E-state index in [0.29, 0.717) is 6.54 Å². The highest BCUT2D eigenvalue weighted by atomic mass is 32.2. The molecule has 0 bridgehead atoms. The molecule has 3 N–H and O–H groups in total. The van der Waals surface area contributed by atoms with E-state index in [4.69, 9.17) is 5.73 Å². The summed E-state index contributed by atoms with van der Waals surface area (Å²) in [5.74, 6) is 0. The third kappa shape index (κ3) is 3.34. The number of nitrogens with zero attached hydrogens (tertiary/aromatic N) is 2. The van der Waals surface area contributed by atoms with Crippen LogP contribution < -0.4 is 10.5 Å². The van der Waals surface area contributed by atoms with Gasteiger partial charge in [-0.3, -0.25) is 0 Å². The number of imidazole rings is 1. The highest BCUT2D eigenvalue weighted by Crippen LogP contribution is 2.27. The molecule has 0 aliphatic heterocycles. The van der Waals surface area contributed by atoms with E-state index in [9.17, 15) is 8.42 Å². The molecule has 0 aromatic carbocycles. The van der Waals surface area contributed by atoms with E-state index in [1.54, 1.807) is 11.6 Å². The normalized spacial score (nSPS) is 20.1. The number of hydrogen-bond acceptors (Lipinski definition) is 4. The summed E-state index contributed by atoms with van der Waals surface area (Å²) in [7, 11) is -1.84. The van der Waals surface area contributed by atoms with Gasteiger partial charge in [0.2, 0.25) is 0 Å². The van der Waals surface area contributed by atoms with Crippen LogP contribution in [0, 0.1) is 0 Å². The van der Waals surface area contributed by atoms with Gasteiger partial charge in [0.25, 0.3) is 10.0 Å². The van der Waals surface area contributed by atoms with Crippen LogP contribution in [0.3, 0.4) is 0 Å². The lowest BCUT2D eigenvalue weighted by Crippen LogP contribution is -2.53. The Morgan fingerprint density at radius 1 is 1.37 bits per heavy atom. The Kier molecular flexibility index (Phi) is 4.27. The minimum Gasteiger partial charge on any atom is -0.339 e. The van der Waals surface area contributed by atoms with Gasteiger partial charge in [-0.05, 0) is 12.8 Å². The van der Waals surface area contributed by atoms with Crippen molar-refractivity contribution in [3.63, 3.8) is 0 Å². The van der Waals surface area contributed by atoms with E-state index < -0.39 is 15.6 Å². The number of sulfonamides is 1. The Morgan fingerprint density at radius 3 is 2.47 bits per heavy atom. The van der Waals surface area contributed by atoms with Crippen LogP contribution in [0.1, 0.15) is 38.5 Å². The summed E-state index contributed by atoms with van der Waals surface area (Å²) in [6.07, 6.45) is 8.91. The van der Waals surface area contributed by atoms with Crippen molar-refractivity contribution in [3.05, 3.63) is 12.5 Å². The SMILES string of the molecule is Cn1cnc(S(=O)(=O)NC2(CN)CCCCCC2)c1. The molecule has 1 aromatic rings. The quantitative estimate of drug-likeness (QED) is 0.799. The molecule has 1 saturated carbocycles. The summed E-state index contributed by atoms with van der Waals surface area (Å²) >= 11 is 0. The van der Waals surface area contributed by atoms with Crippen LogP contribution in [-0.4, -0.2) is 30.1 Å². The second-order valence-corrected chi connectivity index (χ2v) is 7.01. The molecule has 1 aliphatic rings. The first-order chi connectivity index (χ1) is 8.97. The van der Waals surface area contributed by atoms with Crippen molar-refractivity contribution in [2.75, 3.05) is 6.54 Å². The maximum atomic E-state index is 12.3. The van der Waals surface area contributed by atoms with Crippen LogP contribution in [0.15, 0.2) is 17.6 Å². The highest BCUT2D eigenvalue weighted by Gasteiger charge is 2.35. The molecule has 0 radical (unpaired) electrons. The summed E-state index contributed by atoms with van der Waals surface area (Å²) in [6, 6.07) is 0. The monoisotopic (exact) mass is 286 g/mol. The first kappa shape index (κ1) is 14.5. The molecule has 1 aromatic heterocycles. The van der Waals surface area contributed by atoms with Gasteiger partial charge in [-0.1, -0.05) is 25.7 Å². The number of nitrogens with two attached hydrogens (primary N) is 1. The molecule has 0 unspecified atom stereocenters. The van der Waals surface area contributed by atoms with Gasteiger partial charge in [0.15, 0.2) is 5.03 Å². The highest BCUT2D eigenvalue weighted by molar-refractivity contribution is 7.89. The van der Waals surface area contributed by atoms with Gasteiger partial charge < -0.3 is 10.3 Å². The van der Waals surface area contributed by atoms with Crippen molar-refractivity contribution >= 4 is 10.0 Å². The Morgan fingerprint density at radius 2 is 2.00 bits per heavy atom. The lowest BCUT2D eigenvalue weighted by molar-refractivity contribution is 0.342. The second kappa shape index (κ2) is 5.60. The Labute approximate surface area is 114 Å². The molecule has 0 saturated heterocycles. The minimum absolute atomic E-state index is 0.0621. The van der Waals surface area contributed by atoms with Gasteiger partial charge in [0, 0.05) is 25.3 Å². The van der Waals surface area contributed by atoms with Gasteiger partial charge >= 0.3 is 0 Å². The molecule has 1 fully saturated rings. The van der Waals surface area contributed by atoms with Crippen molar-refractivity contribution in [3.8, 4) is 0 Å². The molecule has 19 heavy (non-hydrogen) atoms. The van der Waals surface area contributed by atoms with Gasteiger partial charge in [-0.15, -0.1) is 0 Å². The third-order valence-electron chi connectivity index (χ3n) is 3.76. The topological polar surface area (TPSA) is 90.0 Å². The van der Waals surface area contributed by atoms with Crippen LogP contribution >= 0.6 is 0 Å².